The summed E-state index contributed by atoms with van der Waals surface area (Å²) in [5.74, 6) is -2.86. The van der Waals surface area contributed by atoms with Gasteiger partial charge in [-0.2, -0.15) is 18.1 Å². The Morgan fingerprint density at radius 2 is 1.83 bits per heavy atom. The minimum Gasteiger partial charge on any atom is -0.481 e. The molecule has 2 saturated heterocycles. The second kappa shape index (κ2) is 13.0. The van der Waals surface area contributed by atoms with E-state index in [0.29, 0.717) is 34.4 Å². The minimum atomic E-state index is -1.36. The lowest BCUT2D eigenvalue weighted by atomic mass is 9.88. The van der Waals surface area contributed by atoms with Gasteiger partial charge in [0.1, 0.15) is 0 Å². The van der Waals surface area contributed by atoms with Crippen LogP contribution >= 0.6 is 12.6 Å². The Kier molecular flexibility index (Phi) is 9.52. The highest BCUT2D eigenvalue weighted by molar-refractivity contribution is 7.80. The zero-order valence-electron chi connectivity index (χ0n) is 26.8. The van der Waals surface area contributed by atoms with E-state index < -0.39 is 42.2 Å². The van der Waals surface area contributed by atoms with E-state index in [-0.39, 0.29) is 54.4 Å². The molecule has 5 rings (SSSR count). The van der Waals surface area contributed by atoms with Crippen molar-refractivity contribution in [1.29, 1.82) is 0 Å². The van der Waals surface area contributed by atoms with Gasteiger partial charge in [0.2, 0.25) is 5.91 Å². The first-order chi connectivity index (χ1) is 22.1. The monoisotopic (exact) mass is 669 g/mol. The number of aliphatic hydroxyl groups excluding tert-OH is 2. The van der Waals surface area contributed by atoms with Gasteiger partial charge < -0.3 is 36.4 Å². The molecule has 2 fully saturated rings. The first-order valence-corrected chi connectivity index (χ1v) is 16.2. The van der Waals surface area contributed by atoms with Gasteiger partial charge in [-0.05, 0) is 61.1 Å². The van der Waals surface area contributed by atoms with E-state index in [2.05, 4.69) is 40.6 Å². The predicted octanol–water partition coefficient (Wildman–Crippen LogP) is 1.02. The third kappa shape index (κ3) is 6.15. The van der Waals surface area contributed by atoms with Crippen LogP contribution in [0.4, 0.5) is 0 Å². The summed E-state index contributed by atoms with van der Waals surface area (Å²) in [6, 6.07) is -1.25. The average molecular weight is 670 g/mol. The summed E-state index contributed by atoms with van der Waals surface area (Å²) in [6.45, 7) is 10.9. The Morgan fingerprint density at radius 1 is 1.13 bits per heavy atom. The number of aliphatic hydroxyl groups is 2. The highest BCUT2D eigenvalue weighted by Gasteiger charge is 2.60. The number of allylic oxidation sites excluding steroid dienone is 1. The van der Waals surface area contributed by atoms with Crippen molar-refractivity contribution in [1.82, 2.24) is 26.4 Å². The largest absolute Gasteiger partial charge is 0.481 e. The van der Waals surface area contributed by atoms with Gasteiger partial charge in [-0.15, -0.1) is 0 Å². The van der Waals surface area contributed by atoms with Gasteiger partial charge >= 0.3 is 11.9 Å². The normalized spacial score (nSPS) is 33.0. The third-order valence-electron chi connectivity index (χ3n) is 10.1. The summed E-state index contributed by atoms with van der Waals surface area (Å²) >= 11 is 4.65. The van der Waals surface area contributed by atoms with Crippen LogP contribution in [0.3, 0.4) is 0 Å². The number of amides is 2. The predicted molar refractivity (Wildman–Crippen MR) is 175 cm³/mol. The summed E-state index contributed by atoms with van der Waals surface area (Å²) in [5.41, 5.74) is 7.23. The van der Waals surface area contributed by atoms with E-state index in [1.807, 2.05) is 37.9 Å². The molecule has 5 aliphatic heterocycles. The molecule has 0 spiro atoms. The lowest BCUT2D eigenvalue weighted by Gasteiger charge is -2.22. The number of nitrogens with one attached hydrogen (secondary N) is 4. The second-order valence-corrected chi connectivity index (χ2v) is 13.7. The van der Waals surface area contributed by atoms with Gasteiger partial charge in [0, 0.05) is 40.3 Å². The number of carbonyl (C=O) groups excluding carboxylic acids is 2. The molecule has 254 valence electrons. The molecule has 3 unspecified atom stereocenters. The van der Waals surface area contributed by atoms with E-state index in [9.17, 15) is 39.6 Å². The SMILES string of the molecule is C=CC1=C(CO)[C@@H](CC2N/C(=C\[C@]34NN3/C(=C/C3NC(=O)[C@H](C)[C@H]3C(C)S)C(C)=C4CCC(=O)O)C([C@@H](O)CC(=O)O)=C2C)NC1=O. The van der Waals surface area contributed by atoms with Crippen LogP contribution in [0.5, 0.6) is 0 Å². The number of aliphatic carboxylic acids is 2. The number of hydrazine groups is 1. The highest BCUT2D eigenvalue weighted by atomic mass is 32.1. The summed E-state index contributed by atoms with van der Waals surface area (Å²) in [4.78, 5) is 48.5. The number of carboxylic acid groups (broad SMARTS) is 2. The van der Waals surface area contributed by atoms with Gasteiger partial charge in [0.25, 0.3) is 5.91 Å². The third-order valence-corrected chi connectivity index (χ3v) is 10.4. The Labute approximate surface area is 278 Å². The van der Waals surface area contributed by atoms with Crippen LogP contribution < -0.4 is 21.4 Å². The van der Waals surface area contributed by atoms with Crippen molar-refractivity contribution in [2.75, 3.05) is 6.61 Å². The lowest BCUT2D eigenvalue weighted by Crippen LogP contribution is -2.37. The van der Waals surface area contributed by atoms with E-state index in [1.54, 1.807) is 6.92 Å². The fourth-order valence-corrected chi connectivity index (χ4v) is 8.12. The molecule has 0 aromatic heterocycles. The van der Waals surface area contributed by atoms with Crippen molar-refractivity contribution >= 4 is 36.4 Å². The van der Waals surface area contributed by atoms with Gasteiger partial charge in [0.05, 0.1) is 43.0 Å². The molecule has 0 aromatic carbocycles. The molecular weight excluding hydrogens is 626 g/mol. The Bertz CT molecular complexity index is 1580. The highest BCUT2D eigenvalue weighted by Crippen LogP contribution is 2.52. The van der Waals surface area contributed by atoms with Crippen molar-refractivity contribution in [3.05, 3.63) is 69.6 Å². The van der Waals surface area contributed by atoms with Crippen molar-refractivity contribution in [3.63, 3.8) is 0 Å². The molecule has 14 heteroatoms. The number of thiol groups is 1. The molecule has 8 N–H and O–H groups in total. The van der Waals surface area contributed by atoms with Crippen molar-refractivity contribution in [3.8, 4) is 0 Å². The van der Waals surface area contributed by atoms with Crippen LogP contribution in [0, 0.1) is 11.8 Å². The molecule has 0 bridgehead atoms. The Hall–Kier alpha value is -3.85. The lowest BCUT2D eigenvalue weighted by molar-refractivity contribution is -0.139. The zero-order valence-corrected chi connectivity index (χ0v) is 27.7. The topological polar surface area (TPSA) is 210 Å². The van der Waals surface area contributed by atoms with Gasteiger partial charge in [-0.25, -0.2) is 0 Å². The van der Waals surface area contributed by atoms with Crippen LogP contribution in [0.2, 0.25) is 0 Å². The molecule has 0 saturated carbocycles. The molecule has 0 aliphatic carbocycles. The molecular formula is C33H43N5O8S. The fourth-order valence-electron chi connectivity index (χ4n) is 7.68. The van der Waals surface area contributed by atoms with Gasteiger partial charge in [0.15, 0.2) is 5.66 Å². The number of rotatable bonds is 13. The summed E-state index contributed by atoms with van der Waals surface area (Å²) in [5, 5.41) is 51.5. The molecule has 8 atom stereocenters. The van der Waals surface area contributed by atoms with E-state index in [1.165, 1.54) is 6.08 Å². The number of carbonyl (C=O) groups is 4. The van der Waals surface area contributed by atoms with Crippen molar-refractivity contribution < 1.29 is 39.6 Å². The number of nitrogens with zero attached hydrogens (tertiary/aromatic N) is 1. The Morgan fingerprint density at radius 3 is 2.43 bits per heavy atom. The van der Waals surface area contributed by atoms with Crippen LogP contribution in [0.1, 0.15) is 53.4 Å². The van der Waals surface area contributed by atoms with Crippen molar-refractivity contribution in [2.45, 2.75) is 88.5 Å². The van der Waals surface area contributed by atoms with E-state index >= 15 is 0 Å². The second-order valence-electron chi connectivity index (χ2n) is 12.9. The zero-order chi connectivity index (χ0) is 34.5. The molecule has 13 nitrogen and oxygen atoms in total. The fraction of sp³-hybridized carbons (Fsp3) is 0.515. The van der Waals surface area contributed by atoms with Gasteiger partial charge in [-0.1, -0.05) is 26.5 Å². The van der Waals surface area contributed by atoms with E-state index in [4.69, 9.17) is 0 Å². The summed E-state index contributed by atoms with van der Waals surface area (Å²) in [6.07, 6.45) is 3.73. The standard InChI is InChI=1S/C33H43N5O8S/c1-6-18-19(13-39)22(35-32(18)46)9-21-15(3)30(26(40)11-28(43)44)24(34-21)12-33-20(7-8-27(41)42)14(2)25(38(33)37-33)10-23-29(17(5)47)16(4)31(45)36-23/h6,10,12,16-17,21-23,26,29,34,37,39-40,47H,1,7-9,11,13H2,2-5H3,(H,35,46)(H,36,45)(H,41,42)(H,43,44)/b24-12-,25-10+/t16-,17?,21?,22-,23?,26+,29+,33+,38?/m1/s1. The molecule has 2 amide bonds. The molecule has 5 aliphatic rings. The quantitative estimate of drug-likeness (QED) is 0.0999. The van der Waals surface area contributed by atoms with Gasteiger partial charge in [-0.3, -0.25) is 24.2 Å². The van der Waals surface area contributed by atoms with Crippen molar-refractivity contribution in [2.24, 2.45) is 11.8 Å². The van der Waals surface area contributed by atoms with Crippen LogP contribution in [-0.2, 0) is 19.2 Å². The van der Waals surface area contributed by atoms with E-state index in [0.717, 1.165) is 16.8 Å². The number of hydrogen-bond acceptors (Lipinski definition) is 10. The number of fused-ring (bicyclic) bond motifs is 1. The molecule has 0 aromatic rings. The maximum Gasteiger partial charge on any atom is 0.306 e. The Balaban J connectivity index is 1.53. The van der Waals surface area contributed by atoms with Crippen LogP contribution in [0.15, 0.2) is 69.6 Å². The van der Waals surface area contributed by atoms with Crippen LogP contribution in [0.25, 0.3) is 0 Å². The summed E-state index contributed by atoms with van der Waals surface area (Å²) < 4.78 is 0. The molecule has 0 radical (unpaired) electrons. The summed E-state index contributed by atoms with van der Waals surface area (Å²) in [7, 11) is 0. The maximum atomic E-state index is 12.6. The molecule has 5 heterocycles. The number of hydrogen-bond donors (Lipinski definition) is 9. The first kappa shape index (κ1) is 34.5. The minimum absolute atomic E-state index is 0.0626. The maximum absolute atomic E-state index is 12.6. The van der Waals surface area contributed by atoms with Crippen LogP contribution in [-0.4, -0.2) is 90.9 Å². The molecule has 47 heavy (non-hydrogen) atoms. The number of carboxylic acids is 2. The average Bonchev–Trinajstić information content (AvgIpc) is 3.18. The smallest absolute Gasteiger partial charge is 0.306 e. The first-order valence-electron chi connectivity index (χ1n) is 15.7.